The molecule has 8 nitrogen and oxygen atoms in total. The average molecular weight is 378 g/mol. The van der Waals surface area contributed by atoms with Crippen LogP contribution in [0.15, 0.2) is 70.1 Å². The molecule has 0 saturated heterocycles. The summed E-state index contributed by atoms with van der Waals surface area (Å²) in [7, 11) is -6.90. The smallest absolute Gasteiger partial charge is 0.406 e. The van der Waals surface area contributed by atoms with E-state index >= 15 is 0 Å². The van der Waals surface area contributed by atoms with Crippen LogP contribution in [0, 0.1) is 0 Å². The topological polar surface area (TPSA) is 112 Å². The summed E-state index contributed by atoms with van der Waals surface area (Å²) in [6.07, 6.45) is -0.262. The van der Waals surface area contributed by atoms with Gasteiger partial charge in [-0.05, 0) is 24.3 Å². The van der Waals surface area contributed by atoms with Crippen molar-refractivity contribution < 1.29 is 26.4 Å². The Balaban J connectivity index is 2.18. The SMILES string of the molecule is O=C(N=S(=O)=O)Oc1cn(S(=O)(=O)c2ccccc2)c2ccccc12. The van der Waals surface area contributed by atoms with Crippen molar-refractivity contribution in [3.8, 4) is 5.75 Å². The van der Waals surface area contributed by atoms with Crippen LogP contribution in [0.2, 0.25) is 0 Å². The molecule has 3 rings (SSSR count). The first-order valence-electron chi connectivity index (χ1n) is 6.83. The van der Waals surface area contributed by atoms with Gasteiger partial charge in [-0.1, -0.05) is 34.7 Å². The van der Waals surface area contributed by atoms with Crippen LogP contribution in [0.3, 0.4) is 0 Å². The molecule has 1 aromatic heterocycles. The highest BCUT2D eigenvalue weighted by Crippen LogP contribution is 2.31. The lowest BCUT2D eigenvalue weighted by Gasteiger charge is -2.06. The number of ether oxygens (including phenoxy) is 1. The van der Waals surface area contributed by atoms with Crippen molar-refractivity contribution in [2.24, 2.45) is 4.36 Å². The van der Waals surface area contributed by atoms with Crippen LogP contribution in [-0.4, -0.2) is 26.9 Å². The second-order valence-electron chi connectivity index (χ2n) is 4.80. The summed E-state index contributed by atoms with van der Waals surface area (Å²) < 4.78 is 55.1. The van der Waals surface area contributed by atoms with Crippen LogP contribution in [0.25, 0.3) is 10.9 Å². The molecular formula is C15H10N2O6S2. The highest BCUT2D eigenvalue weighted by atomic mass is 32.2. The summed E-state index contributed by atoms with van der Waals surface area (Å²) >= 11 is 0. The third-order valence-electron chi connectivity index (χ3n) is 3.29. The van der Waals surface area contributed by atoms with Gasteiger partial charge in [0.2, 0.25) is 0 Å². The predicted octanol–water partition coefficient (Wildman–Crippen LogP) is 2.44. The van der Waals surface area contributed by atoms with Gasteiger partial charge in [0.25, 0.3) is 10.0 Å². The summed E-state index contributed by atoms with van der Waals surface area (Å²) in [5, 5.41) is 0.322. The second kappa shape index (κ2) is 6.49. The molecule has 25 heavy (non-hydrogen) atoms. The van der Waals surface area contributed by atoms with Crippen LogP contribution in [0.4, 0.5) is 4.79 Å². The molecule has 0 unspecified atom stereocenters. The van der Waals surface area contributed by atoms with Crippen LogP contribution < -0.4 is 4.74 Å². The molecule has 1 amide bonds. The Hall–Kier alpha value is -2.98. The number of aromatic nitrogens is 1. The molecule has 128 valence electrons. The first kappa shape index (κ1) is 16.9. The zero-order chi connectivity index (χ0) is 18.0. The van der Waals surface area contributed by atoms with Gasteiger partial charge in [0.1, 0.15) is 0 Å². The fraction of sp³-hybridized carbons (Fsp3) is 0. The number of para-hydroxylation sites is 1. The standard InChI is InChI=1S/C15H10N2O6S2/c18-15(16-24(19)20)23-14-10-17(13-9-5-4-8-12(13)14)25(21,22)11-6-2-1-3-7-11/h1-10H. The first-order chi connectivity index (χ1) is 11.9. The maximum Gasteiger partial charge on any atom is 0.454 e. The highest BCUT2D eigenvalue weighted by molar-refractivity contribution is 7.90. The van der Waals surface area contributed by atoms with Crippen molar-refractivity contribution in [3.63, 3.8) is 0 Å². The summed E-state index contributed by atoms with van der Waals surface area (Å²) in [6, 6.07) is 14.1. The van der Waals surface area contributed by atoms with E-state index in [-0.39, 0.29) is 16.2 Å². The Morgan fingerprint density at radius 3 is 2.32 bits per heavy atom. The van der Waals surface area contributed by atoms with Crippen LogP contribution in [0.1, 0.15) is 0 Å². The maximum absolute atomic E-state index is 12.8. The van der Waals surface area contributed by atoms with Crippen molar-refractivity contribution in [3.05, 3.63) is 60.8 Å². The van der Waals surface area contributed by atoms with Crippen LogP contribution in [0.5, 0.6) is 5.75 Å². The Morgan fingerprint density at radius 1 is 1.00 bits per heavy atom. The number of amides is 1. The van der Waals surface area contributed by atoms with Gasteiger partial charge in [0.05, 0.1) is 16.6 Å². The molecule has 0 aliphatic rings. The van der Waals surface area contributed by atoms with Gasteiger partial charge in [-0.2, -0.15) is 8.42 Å². The van der Waals surface area contributed by atoms with Gasteiger partial charge in [0, 0.05) is 5.39 Å². The molecule has 0 fully saturated rings. The van der Waals surface area contributed by atoms with Gasteiger partial charge >= 0.3 is 16.6 Å². The van der Waals surface area contributed by atoms with E-state index in [1.807, 2.05) is 0 Å². The minimum absolute atomic E-state index is 0.0546. The van der Waals surface area contributed by atoms with E-state index < -0.39 is 26.6 Å². The lowest BCUT2D eigenvalue weighted by Crippen LogP contribution is -2.11. The summed E-state index contributed by atoms with van der Waals surface area (Å²) in [5.41, 5.74) is 0.275. The van der Waals surface area contributed by atoms with E-state index in [1.165, 1.54) is 18.2 Å². The Labute approximate surface area is 144 Å². The summed E-state index contributed by atoms with van der Waals surface area (Å²) in [4.78, 5) is 11.5. The van der Waals surface area contributed by atoms with E-state index in [0.29, 0.717) is 5.39 Å². The van der Waals surface area contributed by atoms with Gasteiger partial charge in [0.15, 0.2) is 5.75 Å². The molecule has 0 spiro atoms. The predicted molar refractivity (Wildman–Crippen MR) is 88.3 cm³/mol. The monoisotopic (exact) mass is 378 g/mol. The summed E-state index contributed by atoms with van der Waals surface area (Å²) in [6.45, 7) is 0. The number of rotatable bonds is 3. The van der Waals surface area contributed by atoms with Gasteiger partial charge < -0.3 is 4.74 Å². The maximum atomic E-state index is 12.8. The number of hydrogen-bond donors (Lipinski definition) is 0. The Bertz CT molecular complexity index is 1190. The average Bonchev–Trinajstić information content (AvgIpc) is 2.94. The minimum atomic E-state index is -3.93. The van der Waals surface area contributed by atoms with Crippen molar-refractivity contribution in [2.45, 2.75) is 4.90 Å². The number of carbonyl (C=O) groups is 1. The Kier molecular flexibility index (Phi) is 4.38. The number of hydrogen-bond acceptors (Lipinski definition) is 6. The molecule has 0 saturated carbocycles. The van der Waals surface area contributed by atoms with E-state index in [0.717, 1.165) is 10.2 Å². The molecule has 0 aliphatic heterocycles. The molecule has 1 heterocycles. The van der Waals surface area contributed by atoms with Crippen molar-refractivity contribution in [1.29, 1.82) is 0 Å². The first-order valence-corrected chi connectivity index (χ1v) is 9.30. The molecule has 0 N–H and O–H groups in total. The molecule has 0 radical (unpaired) electrons. The van der Waals surface area contributed by atoms with Crippen molar-refractivity contribution in [2.75, 3.05) is 0 Å². The number of benzene rings is 2. The van der Waals surface area contributed by atoms with Gasteiger partial charge in [-0.15, -0.1) is 0 Å². The van der Waals surface area contributed by atoms with E-state index in [1.54, 1.807) is 36.4 Å². The minimum Gasteiger partial charge on any atom is -0.406 e. The third kappa shape index (κ3) is 3.30. The van der Waals surface area contributed by atoms with Crippen LogP contribution >= 0.6 is 0 Å². The molecule has 0 bridgehead atoms. The lowest BCUT2D eigenvalue weighted by atomic mass is 10.2. The number of fused-ring (bicyclic) bond motifs is 1. The third-order valence-corrected chi connectivity index (χ3v) is 5.27. The second-order valence-corrected chi connectivity index (χ2v) is 7.23. The molecular weight excluding hydrogens is 368 g/mol. The number of nitrogens with zero attached hydrogens (tertiary/aromatic N) is 2. The van der Waals surface area contributed by atoms with Crippen molar-refractivity contribution >= 4 is 37.5 Å². The lowest BCUT2D eigenvalue weighted by molar-refractivity contribution is 0.212. The number of carbonyl (C=O) groups excluding carboxylic acids is 1. The van der Waals surface area contributed by atoms with Crippen LogP contribution in [-0.2, 0) is 20.5 Å². The normalized spacial score (nSPS) is 11.2. The zero-order valence-corrected chi connectivity index (χ0v) is 14.1. The van der Waals surface area contributed by atoms with Crippen molar-refractivity contribution in [1.82, 2.24) is 3.97 Å². The fourth-order valence-electron chi connectivity index (χ4n) is 2.28. The van der Waals surface area contributed by atoms with Gasteiger partial charge in [-0.25, -0.2) is 17.2 Å². The van der Waals surface area contributed by atoms with E-state index in [2.05, 4.69) is 4.36 Å². The largest absolute Gasteiger partial charge is 0.454 e. The highest BCUT2D eigenvalue weighted by Gasteiger charge is 2.22. The molecule has 0 atom stereocenters. The Morgan fingerprint density at radius 2 is 1.64 bits per heavy atom. The van der Waals surface area contributed by atoms with Gasteiger partial charge in [-0.3, -0.25) is 0 Å². The quantitative estimate of drug-likeness (QED) is 0.692. The summed E-state index contributed by atoms with van der Waals surface area (Å²) in [5.74, 6) is -0.116. The molecule has 10 heteroatoms. The molecule has 0 aliphatic carbocycles. The molecule has 3 aromatic rings. The van der Waals surface area contributed by atoms with E-state index in [9.17, 15) is 21.6 Å². The molecule has 2 aromatic carbocycles. The fourth-order valence-corrected chi connectivity index (χ4v) is 3.82. The van der Waals surface area contributed by atoms with E-state index in [4.69, 9.17) is 4.74 Å². The zero-order valence-electron chi connectivity index (χ0n) is 12.4.